The fraction of sp³-hybridized carbons (Fsp3) is 0.375. The number of hydrogen-bond acceptors (Lipinski definition) is 4. The first-order chi connectivity index (χ1) is 9.88. The van der Waals surface area contributed by atoms with Gasteiger partial charge in [0.25, 0.3) is 0 Å². The van der Waals surface area contributed by atoms with Crippen molar-refractivity contribution in [3.8, 4) is 11.6 Å². The average Bonchev–Trinajstić information content (AvgIpc) is 2.37. The van der Waals surface area contributed by atoms with Crippen molar-refractivity contribution in [1.82, 2.24) is 9.97 Å². The van der Waals surface area contributed by atoms with Gasteiger partial charge in [-0.1, -0.05) is 26.8 Å². The second kappa shape index (κ2) is 6.08. The van der Waals surface area contributed by atoms with Crippen molar-refractivity contribution in [3.05, 3.63) is 42.0 Å². The molecule has 5 heteroatoms. The molecule has 0 aliphatic carbocycles. The Balaban J connectivity index is 2.35. The number of benzene rings is 1. The molecule has 0 atom stereocenters. The van der Waals surface area contributed by atoms with Crippen LogP contribution < -0.4 is 10.1 Å². The van der Waals surface area contributed by atoms with Crippen LogP contribution in [0.15, 0.2) is 30.3 Å². The zero-order valence-corrected chi connectivity index (χ0v) is 12.8. The second-order valence-corrected chi connectivity index (χ2v) is 5.75. The van der Waals surface area contributed by atoms with E-state index in [1.807, 2.05) is 27.7 Å². The number of halogens is 1. The molecule has 0 saturated heterocycles. The number of aromatic nitrogens is 2. The molecule has 1 aromatic carbocycles. The highest BCUT2D eigenvalue weighted by Gasteiger charge is 2.19. The highest BCUT2D eigenvalue weighted by Crippen LogP contribution is 2.26. The van der Waals surface area contributed by atoms with E-state index in [2.05, 4.69) is 15.3 Å². The molecule has 0 aliphatic rings. The molecule has 1 aromatic heterocycles. The number of ether oxygens (including phenoxy) is 1. The van der Waals surface area contributed by atoms with E-state index < -0.39 is 0 Å². The molecule has 21 heavy (non-hydrogen) atoms. The molecule has 0 saturated carbocycles. The van der Waals surface area contributed by atoms with E-state index in [-0.39, 0.29) is 11.2 Å². The molecule has 0 spiro atoms. The summed E-state index contributed by atoms with van der Waals surface area (Å²) in [6.45, 7) is 8.84. The zero-order valence-electron chi connectivity index (χ0n) is 12.8. The Labute approximate surface area is 124 Å². The predicted octanol–water partition coefficient (Wildman–Crippen LogP) is 4.14. The summed E-state index contributed by atoms with van der Waals surface area (Å²) in [6.07, 6.45) is 0. The summed E-state index contributed by atoms with van der Waals surface area (Å²) in [5, 5.41) is 3.15. The lowest BCUT2D eigenvalue weighted by Crippen LogP contribution is -2.17. The molecular formula is C16H20FN3O. The van der Waals surface area contributed by atoms with Crippen LogP contribution in [0.1, 0.15) is 33.5 Å². The maximum atomic E-state index is 13.2. The summed E-state index contributed by atoms with van der Waals surface area (Å²) < 4.78 is 18.9. The lowest BCUT2D eigenvalue weighted by atomic mass is 9.96. The van der Waals surface area contributed by atoms with E-state index in [4.69, 9.17) is 4.74 Å². The van der Waals surface area contributed by atoms with Crippen LogP contribution in [0.2, 0.25) is 0 Å². The van der Waals surface area contributed by atoms with Gasteiger partial charge in [0, 0.05) is 24.1 Å². The number of anilines is 1. The number of nitrogens with zero attached hydrogens (tertiary/aromatic N) is 2. The van der Waals surface area contributed by atoms with Crippen LogP contribution in [-0.2, 0) is 5.41 Å². The summed E-state index contributed by atoms with van der Waals surface area (Å²) >= 11 is 0. The normalized spacial score (nSPS) is 11.3. The van der Waals surface area contributed by atoms with Gasteiger partial charge in [0.05, 0.1) is 0 Å². The molecule has 0 bridgehead atoms. The Hall–Kier alpha value is -2.17. The molecule has 0 unspecified atom stereocenters. The van der Waals surface area contributed by atoms with E-state index in [1.54, 1.807) is 18.2 Å². The summed E-state index contributed by atoms with van der Waals surface area (Å²) in [7, 11) is 0. The Kier molecular flexibility index (Phi) is 4.40. The van der Waals surface area contributed by atoms with Crippen molar-refractivity contribution in [3.63, 3.8) is 0 Å². The van der Waals surface area contributed by atoms with Gasteiger partial charge in [0.1, 0.15) is 23.2 Å². The molecule has 2 rings (SSSR count). The van der Waals surface area contributed by atoms with Gasteiger partial charge < -0.3 is 10.1 Å². The molecule has 112 valence electrons. The van der Waals surface area contributed by atoms with E-state index in [1.165, 1.54) is 12.1 Å². The van der Waals surface area contributed by atoms with E-state index >= 15 is 0 Å². The molecule has 1 N–H and O–H groups in total. The predicted molar refractivity (Wildman–Crippen MR) is 81.4 cm³/mol. The number of rotatable bonds is 4. The minimum Gasteiger partial charge on any atom is -0.439 e. The summed E-state index contributed by atoms with van der Waals surface area (Å²) in [4.78, 5) is 8.89. The maximum absolute atomic E-state index is 13.2. The van der Waals surface area contributed by atoms with Crippen LogP contribution in [0.25, 0.3) is 0 Å². The highest BCUT2D eigenvalue weighted by atomic mass is 19.1. The van der Waals surface area contributed by atoms with Crippen molar-refractivity contribution in [2.75, 3.05) is 11.9 Å². The molecule has 4 nitrogen and oxygen atoms in total. The molecule has 0 amide bonds. The quantitative estimate of drug-likeness (QED) is 0.919. The molecule has 0 radical (unpaired) electrons. The van der Waals surface area contributed by atoms with Crippen LogP contribution in [-0.4, -0.2) is 16.5 Å². The first-order valence-electron chi connectivity index (χ1n) is 6.95. The van der Waals surface area contributed by atoms with Gasteiger partial charge in [-0.15, -0.1) is 0 Å². The lowest BCUT2D eigenvalue weighted by molar-refractivity contribution is 0.443. The first-order valence-corrected chi connectivity index (χ1v) is 6.95. The van der Waals surface area contributed by atoms with Gasteiger partial charge in [-0.3, -0.25) is 0 Å². The Morgan fingerprint density at radius 2 is 1.95 bits per heavy atom. The maximum Gasteiger partial charge on any atom is 0.224 e. The Morgan fingerprint density at radius 3 is 2.57 bits per heavy atom. The first kappa shape index (κ1) is 15.2. The smallest absolute Gasteiger partial charge is 0.224 e. The standard InChI is InChI=1S/C16H20FN3O/c1-5-18-13-10-14(20-15(19-13)16(2,3)4)21-12-8-6-7-11(17)9-12/h6-10H,5H2,1-4H3,(H,18,19,20). The van der Waals surface area contributed by atoms with Crippen molar-refractivity contribution in [1.29, 1.82) is 0 Å². The third-order valence-corrected chi connectivity index (χ3v) is 2.75. The van der Waals surface area contributed by atoms with Gasteiger partial charge in [-0.25, -0.2) is 9.37 Å². The van der Waals surface area contributed by atoms with Crippen LogP contribution in [0.4, 0.5) is 10.2 Å². The van der Waals surface area contributed by atoms with Gasteiger partial charge in [0.15, 0.2) is 0 Å². The highest BCUT2D eigenvalue weighted by molar-refractivity contribution is 5.40. The van der Waals surface area contributed by atoms with Crippen LogP contribution in [0.3, 0.4) is 0 Å². The van der Waals surface area contributed by atoms with Gasteiger partial charge in [-0.2, -0.15) is 4.98 Å². The zero-order chi connectivity index (χ0) is 15.5. The average molecular weight is 289 g/mol. The topological polar surface area (TPSA) is 47.0 Å². The van der Waals surface area contributed by atoms with Crippen molar-refractivity contribution in [2.24, 2.45) is 0 Å². The van der Waals surface area contributed by atoms with Crippen molar-refractivity contribution < 1.29 is 9.13 Å². The molecule has 2 aromatic rings. The van der Waals surface area contributed by atoms with Crippen LogP contribution in [0.5, 0.6) is 11.6 Å². The Bertz CT molecular complexity index is 623. The summed E-state index contributed by atoms with van der Waals surface area (Å²) in [6, 6.07) is 7.70. The summed E-state index contributed by atoms with van der Waals surface area (Å²) in [5.74, 6) is 1.84. The Morgan fingerprint density at radius 1 is 1.19 bits per heavy atom. The minimum atomic E-state index is -0.343. The minimum absolute atomic E-state index is 0.203. The van der Waals surface area contributed by atoms with E-state index in [9.17, 15) is 4.39 Å². The van der Waals surface area contributed by atoms with Crippen molar-refractivity contribution >= 4 is 5.82 Å². The second-order valence-electron chi connectivity index (χ2n) is 5.75. The van der Waals surface area contributed by atoms with Crippen LogP contribution >= 0.6 is 0 Å². The molecule has 0 aliphatic heterocycles. The number of nitrogens with one attached hydrogen (secondary N) is 1. The fourth-order valence-corrected chi connectivity index (χ4v) is 1.74. The van der Waals surface area contributed by atoms with Gasteiger partial charge >= 0.3 is 0 Å². The van der Waals surface area contributed by atoms with Gasteiger partial charge in [-0.05, 0) is 19.1 Å². The monoisotopic (exact) mass is 289 g/mol. The van der Waals surface area contributed by atoms with Crippen molar-refractivity contribution in [2.45, 2.75) is 33.1 Å². The fourth-order valence-electron chi connectivity index (χ4n) is 1.74. The molecular weight excluding hydrogens is 269 g/mol. The van der Waals surface area contributed by atoms with E-state index in [0.29, 0.717) is 23.3 Å². The third kappa shape index (κ3) is 4.15. The van der Waals surface area contributed by atoms with E-state index in [0.717, 1.165) is 6.54 Å². The summed E-state index contributed by atoms with van der Waals surface area (Å²) in [5.41, 5.74) is -0.203. The SMILES string of the molecule is CCNc1cc(Oc2cccc(F)c2)nc(C(C)(C)C)n1. The molecule has 0 fully saturated rings. The third-order valence-electron chi connectivity index (χ3n) is 2.75. The van der Waals surface area contributed by atoms with Gasteiger partial charge in [0.2, 0.25) is 5.88 Å². The number of hydrogen-bond donors (Lipinski definition) is 1. The van der Waals surface area contributed by atoms with Crippen LogP contribution in [0, 0.1) is 5.82 Å². The lowest BCUT2D eigenvalue weighted by Gasteiger charge is -2.18. The largest absolute Gasteiger partial charge is 0.439 e. The molecule has 1 heterocycles.